The molecule has 2 aromatic carbocycles. The molecule has 0 spiro atoms. The molecule has 6 nitrogen and oxygen atoms in total. The van der Waals surface area contributed by atoms with Gasteiger partial charge < -0.3 is 10.0 Å². The molecule has 0 aliphatic carbocycles. The van der Waals surface area contributed by atoms with Gasteiger partial charge in [-0.1, -0.05) is 86.0 Å². The lowest BCUT2D eigenvalue weighted by Gasteiger charge is -2.48. The van der Waals surface area contributed by atoms with Crippen LogP contribution in [0.2, 0.25) is 0 Å². The SMILES string of the molecule is CCC[C@@](I)(N(NC(=O)c1ccc(B(O)O)cc1C)C(=O)c1cc(C)cc(C)c1)C(C)(C)C. The third-order valence-corrected chi connectivity index (χ3v) is 8.40. The molecule has 0 aliphatic heterocycles. The Balaban J connectivity index is 2.57. The zero-order chi connectivity index (χ0) is 25.1. The van der Waals surface area contributed by atoms with Crippen molar-refractivity contribution < 1.29 is 19.6 Å². The Morgan fingerprint density at radius 3 is 2.06 bits per heavy atom. The van der Waals surface area contributed by atoms with E-state index in [1.807, 2.05) is 32.0 Å². The van der Waals surface area contributed by atoms with Crippen LogP contribution >= 0.6 is 22.6 Å². The number of benzene rings is 2. The van der Waals surface area contributed by atoms with E-state index in [0.29, 0.717) is 28.6 Å². The van der Waals surface area contributed by atoms with E-state index in [-0.39, 0.29) is 11.3 Å². The van der Waals surface area contributed by atoms with Gasteiger partial charge in [0.05, 0.1) is 0 Å². The Kier molecular flexibility index (Phi) is 8.76. The van der Waals surface area contributed by atoms with Gasteiger partial charge in [0.15, 0.2) is 0 Å². The second-order valence-electron chi connectivity index (χ2n) is 9.67. The Bertz CT molecular complexity index is 1020. The molecule has 3 N–H and O–H groups in total. The number of halogens is 1. The number of carbonyl (C=O) groups excluding carboxylic acids is 2. The van der Waals surface area contributed by atoms with Gasteiger partial charge in [0.25, 0.3) is 11.8 Å². The summed E-state index contributed by atoms with van der Waals surface area (Å²) in [6.45, 7) is 13.9. The number of nitrogens with one attached hydrogen (secondary N) is 1. The maximum atomic E-state index is 13.9. The predicted octanol–water partition coefficient (Wildman–Crippen LogP) is 4.06. The number of rotatable bonds is 6. The number of amides is 2. The molecule has 0 aliphatic rings. The molecule has 2 aromatic rings. The van der Waals surface area contributed by atoms with Gasteiger partial charge in [0.1, 0.15) is 3.55 Å². The van der Waals surface area contributed by atoms with Gasteiger partial charge >= 0.3 is 7.12 Å². The number of hydrogen-bond acceptors (Lipinski definition) is 4. The van der Waals surface area contributed by atoms with E-state index in [9.17, 15) is 19.6 Å². The number of aryl methyl sites for hydroxylation is 3. The fraction of sp³-hybridized carbons (Fsp3) is 0.440. The van der Waals surface area contributed by atoms with Crippen molar-refractivity contribution in [3.05, 3.63) is 64.2 Å². The van der Waals surface area contributed by atoms with E-state index < -0.39 is 16.6 Å². The van der Waals surface area contributed by atoms with Crippen LogP contribution in [0.5, 0.6) is 0 Å². The van der Waals surface area contributed by atoms with Gasteiger partial charge in [-0.2, -0.15) is 0 Å². The highest BCUT2D eigenvalue weighted by atomic mass is 127. The second kappa shape index (κ2) is 10.6. The Hall–Kier alpha value is -1.91. The lowest BCUT2D eigenvalue weighted by Crippen LogP contribution is -2.62. The topological polar surface area (TPSA) is 89.9 Å². The van der Waals surface area contributed by atoms with Crippen molar-refractivity contribution in [2.75, 3.05) is 0 Å². The third-order valence-electron chi connectivity index (χ3n) is 5.76. The van der Waals surface area contributed by atoms with Crippen LogP contribution in [0.3, 0.4) is 0 Å². The zero-order valence-corrected chi connectivity index (χ0v) is 22.6. The van der Waals surface area contributed by atoms with Crippen molar-refractivity contribution in [2.24, 2.45) is 5.41 Å². The smallest absolute Gasteiger partial charge is 0.423 e. The summed E-state index contributed by atoms with van der Waals surface area (Å²) < 4.78 is -0.695. The first-order valence-corrected chi connectivity index (χ1v) is 12.2. The molecule has 178 valence electrons. The molecule has 0 unspecified atom stereocenters. The van der Waals surface area contributed by atoms with E-state index in [4.69, 9.17) is 0 Å². The molecule has 0 saturated carbocycles. The van der Waals surface area contributed by atoms with Crippen molar-refractivity contribution in [2.45, 2.75) is 64.9 Å². The van der Waals surface area contributed by atoms with Gasteiger partial charge in [0, 0.05) is 11.1 Å². The summed E-state index contributed by atoms with van der Waals surface area (Å²) in [6.07, 6.45) is 1.51. The molecular weight excluding hydrogens is 530 g/mol. The minimum atomic E-state index is -1.61. The summed E-state index contributed by atoms with van der Waals surface area (Å²) in [4.78, 5) is 27.2. The maximum absolute atomic E-state index is 13.9. The largest absolute Gasteiger partial charge is 0.488 e. The lowest BCUT2D eigenvalue weighted by atomic mass is 9.79. The molecular formula is C25H34BIN2O4. The molecule has 0 bridgehead atoms. The van der Waals surface area contributed by atoms with E-state index >= 15 is 0 Å². The summed E-state index contributed by atoms with van der Waals surface area (Å²) in [5, 5.41) is 20.3. The minimum Gasteiger partial charge on any atom is -0.423 e. The first-order chi connectivity index (χ1) is 15.2. The highest BCUT2D eigenvalue weighted by Crippen LogP contribution is 2.45. The van der Waals surface area contributed by atoms with Crippen molar-refractivity contribution in [1.29, 1.82) is 0 Å². The minimum absolute atomic E-state index is 0.270. The van der Waals surface area contributed by atoms with E-state index in [1.54, 1.807) is 19.1 Å². The molecule has 33 heavy (non-hydrogen) atoms. The van der Waals surface area contributed by atoms with Gasteiger partial charge in [-0.3, -0.25) is 15.0 Å². The molecule has 1 atom stereocenters. The van der Waals surface area contributed by atoms with Crippen molar-refractivity contribution in [3.8, 4) is 0 Å². The monoisotopic (exact) mass is 564 g/mol. The van der Waals surface area contributed by atoms with Crippen LogP contribution < -0.4 is 10.9 Å². The fourth-order valence-corrected chi connectivity index (χ4v) is 4.82. The predicted molar refractivity (Wildman–Crippen MR) is 142 cm³/mol. The molecule has 0 aromatic heterocycles. The fourth-order valence-electron chi connectivity index (χ4n) is 3.95. The Morgan fingerprint density at radius 2 is 1.61 bits per heavy atom. The summed E-state index contributed by atoms with van der Waals surface area (Å²) in [5.74, 6) is -0.696. The lowest BCUT2D eigenvalue weighted by molar-refractivity contribution is 0.0213. The van der Waals surface area contributed by atoms with Crippen LogP contribution in [0.25, 0.3) is 0 Å². The molecule has 8 heteroatoms. The average Bonchev–Trinajstić information content (AvgIpc) is 2.69. The Labute approximate surface area is 211 Å². The van der Waals surface area contributed by atoms with Crippen molar-refractivity contribution in [1.82, 2.24) is 10.4 Å². The second-order valence-corrected chi connectivity index (χ2v) is 11.4. The van der Waals surface area contributed by atoms with Crippen LogP contribution in [0.1, 0.15) is 77.9 Å². The number of nitrogens with zero attached hydrogens (tertiary/aromatic N) is 1. The standard InChI is InChI=1S/C25H34BIN2O4/c1-8-11-25(27,24(5,6)7)29(23(31)19-13-16(2)12-17(3)14-19)28-22(30)21-10-9-20(26(32)33)15-18(21)4/h9-10,12-15,32-33H,8,11H2,1-7H3,(H,28,30)/t25-/m1/s1. The maximum Gasteiger partial charge on any atom is 0.488 e. The third kappa shape index (κ3) is 6.16. The highest BCUT2D eigenvalue weighted by Gasteiger charge is 2.47. The van der Waals surface area contributed by atoms with Crippen molar-refractivity contribution in [3.63, 3.8) is 0 Å². The molecule has 0 heterocycles. The average molecular weight is 564 g/mol. The van der Waals surface area contributed by atoms with Crippen LogP contribution in [0.15, 0.2) is 36.4 Å². The number of carbonyl (C=O) groups is 2. The molecule has 0 radical (unpaired) electrons. The van der Waals surface area contributed by atoms with Gasteiger partial charge in [-0.25, -0.2) is 5.01 Å². The molecule has 2 rings (SSSR count). The van der Waals surface area contributed by atoms with Crippen LogP contribution in [0, 0.1) is 26.2 Å². The first kappa shape index (κ1) is 27.3. The first-order valence-electron chi connectivity index (χ1n) is 11.1. The number of hydrogen-bond donors (Lipinski definition) is 3. The number of alkyl halides is 1. The molecule has 0 saturated heterocycles. The van der Waals surface area contributed by atoms with Crippen LogP contribution in [0.4, 0.5) is 0 Å². The van der Waals surface area contributed by atoms with Gasteiger partial charge in [-0.15, -0.1) is 0 Å². The van der Waals surface area contributed by atoms with E-state index in [2.05, 4.69) is 55.7 Å². The van der Waals surface area contributed by atoms with Crippen LogP contribution in [-0.2, 0) is 0 Å². The number of hydrazine groups is 1. The zero-order valence-electron chi connectivity index (χ0n) is 20.5. The van der Waals surface area contributed by atoms with Gasteiger partial charge in [0.2, 0.25) is 0 Å². The Morgan fingerprint density at radius 1 is 1.03 bits per heavy atom. The van der Waals surface area contributed by atoms with Crippen LogP contribution in [-0.4, -0.2) is 37.5 Å². The normalized spacial score (nSPS) is 13.3. The van der Waals surface area contributed by atoms with E-state index in [1.165, 1.54) is 11.1 Å². The quantitative estimate of drug-likeness (QED) is 0.163. The molecule has 0 fully saturated rings. The summed E-state index contributed by atoms with van der Waals surface area (Å²) in [5.41, 5.74) is 6.28. The highest BCUT2D eigenvalue weighted by molar-refractivity contribution is 14.1. The summed E-state index contributed by atoms with van der Waals surface area (Å²) in [6, 6.07) is 10.3. The summed E-state index contributed by atoms with van der Waals surface area (Å²) >= 11 is 2.30. The van der Waals surface area contributed by atoms with E-state index in [0.717, 1.165) is 17.5 Å². The van der Waals surface area contributed by atoms with Gasteiger partial charge in [-0.05, 0) is 61.8 Å². The summed E-state index contributed by atoms with van der Waals surface area (Å²) in [7, 11) is -1.61. The van der Waals surface area contributed by atoms with Crippen molar-refractivity contribution >= 4 is 47.0 Å². The molecule has 2 amide bonds.